The number of hydrogen-bond acceptors (Lipinski definition) is 3. The first-order chi connectivity index (χ1) is 7.34. The molecule has 96 valence electrons. The zero-order valence-electron chi connectivity index (χ0n) is 11.3. The summed E-state index contributed by atoms with van der Waals surface area (Å²) >= 11 is 0. The SMILES string of the molecule is CNCC(C)C(=O)NC(C)(CN)CC(C)C. The lowest BCUT2D eigenvalue weighted by Crippen LogP contribution is -2.54. The highest BCUT2D eigenvalue weighted by Gasteiger charge is 2.27. The molecule has 0 aliphatic rings. The topological polar surface area (TPSA) is 67.2 Å². The van der Waals surface area contributed by atoms with Gasteiger partial charge in [0, 0.05) is 24.5 Å². The van der Waals surface area contributed by atoms with E-state index in [9.17, 15) is 4.79 Å². The highest BCUT2D eigenvalue weighted by Crippen LogP contribution is 2.15. The van der Waals surface area contributed by atoms with E-state index in [4.69, 9.17) is 5.73 Å². The van der Waals surface area contributed by atoms with Gasteiger partial charge in [-0.2, -0.15) is 0 Å². The van der Waals surface area contributed by atoms with Crippen LogP contribution in [-0.2, 0) is 4.79 Å². The summed E-state index contributed by atoms with van der Waals surface area (Å²) in [7, 11) is 1.85. The molecule has 0 aromatic rings. The number of nitrogens with one attached hydrogen (secondary N) is 2. The fourth-order valence-corrected chi connectivity index (χ4v) is 1.91. The van der Waals surface area contributed by atoms with Gasteiger partial charge in [-0.05, 0) is 26.3 Å². The largest absolute Gasteiger partial charge is 0.349 e. The van der Waals surface area contributed by atoms with Gasteiger partial charge >= 0.3 is 0 Å². The Morgan fingerprint density at radius 3 is 2.31 bits per heavy atom. The molecule has 4 N–H and O–H groups in total. The molecule has 0 aliphatic heterocycles. The van der Waals surface area contributed by atoms with E-state index in [2.05, 4.69) is 24.5 Å². The molecule has 1 amide bonds. The fraction of sp³-hybridized carbons (Fsp3) is 0.917. The van der Waals surface area contributed by atoms with Crippen LogP contribution < -0.4 is 16.4 Å². The fourth-order valence-electron chi connectivity index (χ4n) is 1.91. The average molecular weight is 229 g/mol. The van der Waals surface area contributed by atoms with Gasteiger partial charge in [-0.1, -0.05) is 20.8 Å². The molecular formula is C12H27N3O. The minimum Gasteiger partial charge on any atom is -0.349 e. The van der Waals surface area contributed by atoms with Gasteiger partial charge in [0.2, 0.25) is 5.91 Å². The van der Waals surface area contributed by atoms with Crippen molar-refractivity contribution in [3.63, 3.8) is 0 Å². The molecule has 0 aromatic heterocycles. The quantitative estimate of drug-likeness (QED) is 0.602. The molecule has 2 unspecified atom stereocenters. The van der Waals surface area contributed by atoms with Crippen LogP contribution in [0.2, 0.25) is 0 Å². The highest BCUT2D eigenvalue weighted by molar-refractivity contribution is 5.79. The molecule has 0 spiro atoms. The zero-order chi connectivity index (χ0) is 12.8. The normalized spacial score (nSPS) is 16.9. The Morgan fingerprint density at radius 1 is 1.38 bits per heavy atom. The summed E-state index contributed by atoms with van der Waals surface area (Å²) in [5.74, 6) is 0.569. The van der Waals surface area contributed by atoms with Crippen molar-refractivity contribution in [1.29, 1.82) is 0 Å². The number of rotatable bonds is 7. The molecule has 0 heterocycles. The summed E-state index contributed by atoms with van der Waals surface area (Å²) in [5.41, 5.74) is 5.46. The van der Waals surface area contributed by atoms with Crippen molar-refractivity contribution in [2.24, 2.45) is 17.6 Å². The van der Waals surface area contributed by atoms with Gasteiger partial charge in [0.25, 0.3) is 0 Å². The van der Waals surface area contributed by atoms with Crippen LogP contribution in [0.5, 0.6) is 0 Å². The predicted octanol–water partition coefficient (Wildman–Crippen LogP) is 0.722. The Balaban J connectivity index is 4.35. The third-order valence-electron chi connectivity index (χ3n) is 2.69. The van der Waals surface area contributed by atoms with E-state index in [1.165, 1.54) is 0 Å². The van der Waals surface area contributed by atoms with Gasteiger partial charge in [-0.3, -0.25) is 4.79 Å². The van der Waals surface area contributed by atoms with Crippen molar-refractivity contribution < 1.29 is 4.79 Å². The third-order valence-corrected chi connectivity index (χ3v) is 2.69. The van der Waals surface area contributed by atoms with Gasteiger partial charge < -0.3 is 16.4 Å². The van der Waals surface area contributed by atoms with Crippen molar-refractivity contribution in [1.82, 2.24) is 10.6 Å². The summed E-state index contributed by atoms with van der Waals surface area (Å²) in [4.78, 5) is 11.9. The minimum absolute atomic E-state index is 0.0250. The molecule has 0 radical (unpaired) electrons. The van der Waals surface area contributed by atoms with Crippen LogP contribution >= 0.6 is 0 Å². The number of hydrogen-bond donors (Lipinski definition) is 3. The average Bonchev–Trinajstić information content (AvgIpc) is 2.16. The molecule has 0 aromatic carbocycles. The highest BCUT2D eigenvalue weighted by atomic mass is 16.2. The van der Waals surface area contributed by atoms with E-state index in [1.54, 1.807) is 0 Å². The molecule has 2 atom stereocenters. The molecule has 0 saturated carbocycles. The molecular weight excluding hydrogens is 202 g/mol. The minimum atomic E-state index is -0.284. The van der Waals surface area contributed by atoms with Gasteiger partial charge in [0.1, 0.15) is 0 Å². The number of nitrogens with two attached hydrogens (primary N) is 1. The first kappa shape index (κ1) is 15.4. The molecule has 0 aliphatic carbocycles. The van der Waals surface area contributed by atoms with Crippen molar-refractivity contribution >= 4 is 5.91 Å². The van der Waals surface area contributed by atoms with E-state index in [-0.39, 0.29) is 17.4 Å². The summed E-state index contributed by atoms with van der Waals surface area (Å²) in [6.07, 6.45) is 0.904. The van der Waals surface area contributed by atoms with E-state index in [0.29, 0.717) is 19.0 Å². The lowest BCUT2D eigenvalue weighted by atomic mass is 9.90. The second-order valence-electron chi connectivity index (χ2n) is 5.31. The van der Waals surface area contributed by atoms with Crippen LogP contribution in [0.4, 0.5) is 0 Å². The van der Waals surface area contributed by atoms with Crippen LogP contribution in [-0.4, -0.2) is 31.6 Å². The molecule has 4 heteroatoms. The molecule has 0 bridgehead atoms. The summed E-state index contributed by atoms with van der Waals surface area (Å²) in [6, 6.07) is 0. The molecule has 16 heavy (non-hydrogen) atoms. The van der Waals surface area contributed by atoms with Crippen molar-refractivity contribution in [2.45, 2.75) is 39.7 Å². The molecule has 0 rings (SSSR count). The van der Waals surface area contributed by atoms with Crippen LogP contribution in [0.3, 0.4) is 0 Å². The summed E-state index contributed by atoms with van der Waals surface area (Å²) < 4.78 is 0. The molecule has 4 nitrogen and oxygen atoms in total. The Bertz CT molecular complexity index is 218. The number of amides is 1. The first-order valence-electron chi connectivity index (χ1n) is 6.01. The zero-order valence-corrected chi connectivity index (χ0v) is 11.3. The standard InChI is InChI=1S/C12H27N3O/c1-9(2)6-12(4,8-13)15-11(16)10(3)7-14-5/h9-10,14H,6-8,13H2,1-5H3,(H,15,16). The van der Waals surface area contributed by atoms with Crippen LogP contribution in [0, 0.1) is 11.8 Å². The van der Waals surface area contributed by atoms with E-state index in [0.717, 1.165) is 6.42 Å². The predicted molar refractivity (Wildman–Crippen MR) is 68.1 cm³/mol. The first-order valence-corrected chi connectivity index (χ1v) is 6.01. The van der Waals surface area contributed by atoms with E-state index < -0.39 is 0 Å². The second-order valence-corrected chi connectivity index (χ2v) is 5.31. The Hall–Kier alpha value is -0.610. The van der Waals surface area contributed by atoms with Gasteiger partial charge in [0.15, 0.2) is 0 Å². The summed E-state index contributed by atoms with van der Waals surface area (Å²) in [6.45, 7) is 9.36. The lowest BCUT2D eigenvalue weighted by molar-refractivity contribution is -0.126. The van der Waals surface area contributed by atoms with E-state index >= 15 is 0 Å². The van der Waals surface area contributed by atoms with Crippen molar-refractivity contribution in [2.75, 3.05) is 20.1 Å². The Kier molecular flexibility index (Phi) is 6.60. The monoisotopic (exact) mass is 229 g/mol. The van der Waals surface area contributed by atoms with Crippen LogP contribution in [0.25, 0.3) is 0 Å². The maximum atomic E-state index is 11.9. The van der Waals surface area contributed by atoms with Crippen LogP contribution in [0.1, 0.15) is 34.1 Å². The number of carbonyl (C=O) groups is 1. The third kappa shape index (κ3) is 5.47. The van der Waals surface area contributed by atoms with Crippen molar-refractivity contribution in [3.05, 3.63) is 0 Å². The second kappa shape index (κ2) is 6.86. The summed E-state index contributed by atoms with van der Waals surface area (Å²) in [5, 5.41) is 6.06. The molecule has 0 saturated heterocycles. The maximum absolute atomic E-state index is 11.9. The van der Waals surface area contributed by atoms with Gasteiger partial charge in [0.05, 0.1) is 0 Å². The van der Waals surface area contributed by atoms with E-state index in [1.807, 2.05) is 20.9 Å². The Labute approximate surface area is 99.4 Å². The number of carbonyl (C=O) groups excluding carboxylic acids is 1. The lowest BCUT2D eigenvalue weighted by Gasteiger charge is -2.32. The maximum Gasteiger partial charge on any atom is 0.224 e. The smallest absolute Gasteiger partial charge is 0.224 e. The Morgan fingerprint density at radius 2 is 1.94 bits per heavy atom. The van der Waals surface area contributed by atoms with Crippen LogP contribution in [0.15, 0.2) is 0 Å². The van der Waals surface area contributed by atoms with Gasteiger partial charge in [-0.25, -0.2) is 0 Å². The van der Waals surface area contributed by atoms with Crippen molar-refractivity contribution in [3.8, 4) is 0 Å². The van der Waals surface area contributed by atoms with Gasteiger partial charge in [-0.15, -0.1) is 0 Å². The molecule has 0 fully saturated rings.